The van der Waals surface area contributed by atoms with E-state index in [9.17, 15) is 0 Å². The number of aromatic nitrogens is 4. The Balaban J connectivity index is 1.70. The van der Waals surface area contributed by atoms with E-state index in [1.807, 2.05) is 4.52 Å². The summed E-state index contributed by atoms with van der Waals surface area (Å²) in [6, 6.07) is 2.69. The maximum atomic E-state index is 5.53. The minimum absolute atomic E-state index is 0.488. The van der Waals surface area contributed by atoms with Gasteiger partial charge in [0.25, 0.3) is 5.78 Å². The van der Waals surface area contributed by atoms with Crippen molar-refractivity contribution in [2.45, 2.75) is 31.9 Å². The fraction of sp³-hybridized carbons (Fsp3) is 0.667. The zero-order valence-corrected chi connectivity index (χ0v) is 12.8. The molecule has 0 spiro atoms. The van der Waals surface area contributed by atoms with Crippen molar-refractivity contribution in [1.82, 2.24) is 19.6 Å². The second-order valence-corrected chi connectivity index (χ2v) is 6.12. The fourth-order valence-corrected chi connectivity index (χ4v) is 3.09. The van der Waals surface area contributed by atoms with Crippen LogP contribution in [0.5, 0.6) is 0 Å². The lowest BCUT2D eigenvalue weighted by Gasteiger charge is -2.27. The van der Waals surface area contributed by atoms with Crippen LogP contribution in [0.3, 0.4) is 0 Å². The van der Waals surface area contributed by atoms with Gasteiger partial charge in [-0.2, -0.15) is 14.6 Å². The van der Waals surface area contributed by atoms with Crippen molar-refractivity contribution in [3.63, 3.8) is 0 Å². The fourth-order valence-electron chi connectivity index (χ4n) is 3.09. The molecular formula is C15H21N5O2. The third-order valence-corrected chi connectivity index (χ3v) is 4.34. The smallest absolute Gasteiger partial charge is 0.254 e. The number of ether oxygens (including phenoxy) is 2. The minimum atomic E-state index is 0.488. The Morgan fingerprint density at radius 1 is 1.41 bits per heavy atom. The number of rotatable bonds is 6. The molecule has 7 heteroatoms. The Kier molecular flexibility index (Phi) is 3.67. The van der Waals surface area contributed by atoms with Gasteiger partial charge in [-0.15, -0.1) is 0 Å². The van der Waals surface area contributed by atoms with Crippen molar-refractivity contribution < 1.29 is 9.47 Å². The summed E-state index contributed by atoms with van der Waals surface area (Å²) in [4.78, 5) is 11.2. The number of nitrogens with zero attached hydrogens (tertiary/aromatic N) is 5. The molecule has 22 heavy (non-hydrogen) atoms. The van der Waals surface area contributed by atoms with Crippen molar-refractivity contribution in [2.24, 2.45) is 5.92 Å². The summed E-state index contributed by atoms with van der Waals surface area (Å²) in [5.41, 5.74) is 0.895. The molecule has 0 radical (unpaired) electrons. The van der Waals surface area contributed by atoms with Gasteiger partial charge in [0.05, 0.1) is 18.9 Å². The molecule has 7 nitrogen and oxygen atoms in total. The van der Waals surface area contributed by atoms with Gasteiger partial charge in [0.2, 0.25) is 0 Å². The van der Waals surface area contributed by atoms with Crippen molar-refractivity contribution in [1.29, 1.82) is 0 Å². The van der Waals surface area contributed by atoms with Crippen LogP contribution in [0, 0.1) is 5.92 Å². The summed E-state index contributed by atoms with van der Waals surface area (Å²) < 4.78 is 12.6. The highest BCUT2D eigenvalue weighted by molar-refractivity contribution is 5.49. The summed E-state index contributed by atoms with van der Waals surface area (Å²) in [6.45, 7) is 3.24. The summed E-state index contributed by atoms with van der Waals surface area (Å²) in [6.07, 6.45) is 5.18. The van der Waals surface area contributed by atoms with Crippen LogP contribution in [0.15, 0.2) is 12.4 Å². The molecule has 1 aliphatic carbocycles. The molecule has 4 rings (SSSR count). The third kappa shape index (κ3) is 2.66. The summed E-state index contributed by atoms with van der Waals surface area (Å²) in [5, 5.41) is 4.35. The lowest BCUT2D eigenvalue weighted by Crippen LogP contribution is -2.33. The molecular weight excluding hydrogens is 282 g/mol. The van der Waals surface area contributed by atoms with Gasteiger partial charge >= 0.3 is 0 Å². The van der Waals surface area contributed by atoms with E-state index in [4.69, 9.17) is 9.47 Å². The molecule has 0 bridgehead atoms. The molecule has 3 heterocycles. The molecule has 0 unspecified atom stereocenters. The topological polar surface area (TPSA) is 64.8 Å². The van der Waals surface area contributed by atoms with E-state index in [0.29, 0.717) is 24.3 Å². The number of anilines is 1. The van der Waals surface area contributed by atoms with E-state index >= 15 is 0 Å². The van der Waals surface area contributed by atoms with E-state index in [1.165, 1.54) is 12.8 Å². The van der Waals surface area contributed by atoms with Crippen LogP contribution in [0.25, 0.3) is 5.78 Å². The average Bonchev–Trinajstić information content (AvgIpc) is 3.03. The van der Waals surface area contributed by atoms with Crippen molar-refractivity contribution >= 4 is 11.6 Å². The lowest BCUT2D eigenvalue weighted by atomic mass is 10.1. The van der Waals surface area contributed by atoms with E-state index in [2.05, 4.69) is 26.0 Å². The average molecular weight is 303 g/mol. The Morgan fingerprint density at radius 3 is 3.05 bits per heavy atom. The standard InChI is InChI=1S/C15H21N5O2/c1-21-9-12-6-14(20-15(18-12)16-10-17-20)19(13-2-3-13)7-11-4-5-22-8-11/h6,10-11,13H,2-5,7-9H2,1H3/t11-/m1/s1. The number of fused-ring (bicyclic) bond motifs is 1. The molecule has 1 saturated heterocycles. The Morgan fingerprint density at radius 2 is 2.32 bits per heavy atom. The molecule has 1 atom stereocenters. The maximum Gasteiger partial charge on any atom is 0.254 e. The predicted molar refractivity (Wildman–Crippen MR) is 80.8 cm³/mol. The first-order chi connectivity index (χ1) is 10.8. The van der Waals surface area contributed by atoms with Crippen LogP contribution >= 0.6 is 0 Å². The van der Waals surface area contributed by atoms with Gasteiger partial charge in [-0.3, -0.25) is 0 Å². The Bertz CT molecular complexity index is 648. The SMILES string of the molecule is COCc1cc(N(C[C@H]2CCOC2)C2CC2)n2ncnc2n1. The highest BCUT2D eigenvalue weighted by Crippen LogP contribution is 2.33. The van der Waals surface area contributed by atoms with Gasteiger partial charge in [0.15, 0.2) is 0 Å². The molecule has 0 aromatic carbocycles. The molecule has 2 aromatic rings. The van der Waals surface area contributed by atoms with Crippen LogP contribution in [0.4, 0.5) is 5.82 Å². The first-order valence-corrected chi connectivity index (χ1v) is 7.88. The van der Waals surface area contributed by atoms with Crippen molar-refractivity contribution in [3.8, 4) is 0 Å². The van der Waals surface area contributed by atoms with E-state index < -0.39 is 0 Å². The molecule has 118 valence electrons. The van der Waals surface area contributed by atoms with E-state index in [1.54, 1.807) is 13.4 Å². The number of hydrogen-bond donors (Lipinski definition) is 0. The van der Waals surface area contributed by atoms with E-state index in [0.717, 1.165) is 37.7 Å². The second-order valence-electron chi connectivity index (χ2n) is 6.12. The Labute approximate surface area is 129 Å². The zero-order chi connectivity index (χ0) is 14.9. The van der Waals surface area contributed by atoms with Crippen molar-refractivity contribution in [3.05, 3.63) is 18.1 Å². The van der Waals surface area contributed by atoms with Gasteiger partial charge in [-0.05, 0) is 19.3 Å². The maximum absolute atomic E-state index is 5.53. The Hall–Kier alpha value is -1.73. The van der Waals surface area contributed by atoms with Gasteiger partial charge in [-0.25, -0.2) is 4.98 Å². The normalized spacial score (nSPS) is 21.6. The minimum Gasteiger partial charge on any atom is -0.381 e. The van der Waals surface area contributed by atoms with Crippen LogP contribution in [0.2, 0.25) is 0 Å². The van der Waals surface area contributed by atoms with Crippen LogP contribution in [-0.2, 0) is 16.1 Å². The highest BCUT2D eigenvalue weighted by atomic mass is 16.5. The zero-order valence-electron chi connectivity index (χ0n) is 12.8. The molecule has 0 N–H and O–H groups in total. The van der Waals surface area contributed by atoms with Gasteiger partial charge < -0.3 is 14.4 Å². The molecule has 2 aromatic heterocycles. The van der Waals surface area contributed by atoms with E-state index in [-0.39, 0.29) is 0 Å². The summed E-state index contributed by atoms with van der Waals surface area (Å²) in [5.74, 6) is 2.31. The molecule has 1 aliphatic heterocycles. The van der Waals surface area contributed by atoms with Crippen molar-refractivity contribution in [2.75, 3.05) is 31.8 Å². The first-order valence-electron chi connectivity index (χ1n) is 7.88. The number of methoxy groups -OCH3 is 1. The van der Waals surface area contributed by atoms with Crippen LogP contribution < -0.4 is 4.90 Å². The van der Waals surface area contributed by atoms with Gasteiger partial charge in [-0.1, -0.05) is 0 Å². The molecule has 2 fully saturated rings. The van der Waals surface area contributed by atoms with Crippen LogP contribution in [-0.4, -0.2) is 52.5 Å². The third-order valence-electron chi connectivity index (χ3n) is 4.34. The number of hydrogen-bond acceptors (Lipinski definition) is 6. The summed E-state index contributed by atoms with van der Waals surface area (Å²) in [7, 11) is 1.68. The van der Waals surface area contributed by atoms with Gasteiger partial charge in [0, 0.05) is 38.3 Å². The van der Waals surface area contributed by atoms with Gasteiger partial charge in [0.1, 0.15) is 12.1 Å². The highest BCUT2D eigenvalue weighted by Gasteiger charge is 2.33. The molecule has 0 amide bonds. The monoisotopic (exact) mass is 303 g/mol. The molecule has 1 saturated carbocycles. The molecule has 2 aliphatic rings. The van der Waals surface area contributed by atoms with Crippen LogP contribution in [0.1, 0.15) is 25.0 Å². The predicted octanol–water partition coefficient (Wildman–Crippen LogP) is 1.28. The second kappa shape index (κ2) is 5.81. The largest absolute Gasteiger partial charge is 0.381 e. The lowest BCUT2D eigenvalue weighted by molar-refractivity contribution is 0.181. The quantitative estimate of drug-likeness (QED) is 0.801. The first kappa shape index (κ1) is 13.9. The summed E-state index contributed by atoms with van der Waals surface area (Å²) >= 11 is 0.